The highest BCUT2D eigenvalue weighted by atomic mass is 35.5. The molecule has 2 rings (SSSR count). The van der Waals surface area contributed by atoms with E-state index in [1.54, 1.807) is 19.2 Å². The van der Waals surface area contributed by atoms with Crippen molar-refractivity contribution in [2.75, 3.05) is 26.8 Å². The first-order valence-electron chi connectivity index (χ1n) is 7.95. The quantitative estimate of drug-likeness (QED) is 0.713. The molecule has 0 bridgehead atoms. The zero-order valence-electron chi connectivity index (χ0n) is 13.5. The van der Waals surface area contributed by atoms with Crippen molar-refractivity contribution in [3.05, 3.63) is 35.6 Å². The molecule has 0 radical (unpaired) electrons. The first kappa shape index (κ1) is 19.9. The number of halogens is 2. The van der Waals surface area contributed by atoms with E-state index in [0.717, 1.165) is 18.4 Å². The molecule has 130 valence electrons. The zero-order valence-corrected chi connectivity index (χ0v) is 14.3. The minimum absolute atomic E-state index is 0. The van der Waals surface area contributed by atoms with Crippen LogP contribution in [-0.2, 0) is 9.53 Å². The summed E-state index contributed by atoms with van der Waals surface area (Å²) in [6.07, 6.45) is 4.62. The SMILES string of the molecule is COCCNCC(=O)NC(c1ccc(F)cc1)C1CCCC1.Cl. The van der Waals surface area contributed by atoms with Crippen molar-refractivity contribution in [3.63, 3.8) is 0 Å². The molecule has 1 aliphatic rings. The highest BCUT2D eigenvalue weighted by Gasteiger charge is 2.27. The van der Waals surface area contributed by atoms with E-state index in [0.29, 0.717) is 19.1 Å². The second-order valence-corrected chi connectivity index (χ2v) is 5.81. The van der Waals surface area contributed by atoms with Gasteiger partial charge < -0.3 is 15.4 Å². The van der Waals surface area contributed by atoms with Gasteiger partial charge in [0.25, 0.3) is 0 Å². The minimum Gasteiger partial charge on any atom is -0.383 e. The third kappa shape index (κ3) is 6.45. The van der Waals surface area contributed by atoms with E-state index in [4.69, 9.17) is 4.74 Å². The summed E-state index contributed by atoms with van der Waals surface area (Å²) in [6.45, 7) is 1.50. The van der Waals surface area contributed by atoms with Crippen molar-refractivity contribution in [3.8, 4) is 0 Å². The van der Waals surface area contributed by atoms with Gasteiger partial charge in [0.05, 0.1) is 19.2 Å². The van der Waals surface area contributed by atoms with Crippen LogP contribution in [0.25, 0.3) is 0 Å². The number of hydrogen-bond donors (Lipinski definition) is 2. The molecule has 0 spiro atoms. The molecule has 23 heavy (non-hydrogen) atoms. The van der Waals surface area contributed by atoms with Crippen molar-refractivity contribution in [1.82, 2.24) is 10.6 Å². The number of rotatable bonds is 8. The summed E-state index contributed by atoms with van der Waals surface area (Å²) >= 11 is 0. The highest BCUT2D eigenvalue weighted by Crippen LogP contribution is 2.35. The molecule has 0 heterocycles. The van der Waals surface area contributed by atoms with Gasteiger partial charge in [0.15, 0.2) is 0 Å². The number of nitrogens with one attached hydrogen (secondary N) is 2. The second kappa shape index (κ2) is 10.6. The lowest BCUT2D eigenvalue weighted by molar-refractivity contribution is -0.121. The van der Waals surface area contributed by atoms with Gasteiger partial charge in [-0.25, -0.2) is 4.39 Å². The summed E-state index contributed by atoms with van der Waals surface area (Å²) in [5.74, 6) is 0.159. The van der Waals surface area contributed by atoms with Crippen LogP contribution in [-0.4, -0.2) is 32.7 Å². The average molecular weight is 345 g/mol. The van der Waals surface area contributed by atoms with Gasteiger partial charge in [-0.3, -0.25) is 4.79 Å². The van der Waals surface area contributed by atoms with Crippen LogP contribution in [0.2, 0.25) is 0 Å². The first-order valence-corrected chi connectivity index (χ1v) is 7.95. The molecule has 0 aliphatic heterocycles. The number of amides is 1. The standard InChI is InChI=1S/C17H25FN2O2.ClH/c1-22-11-10-19-12-16(21)20-17(13-4-2-3-5-13)14-6-8-15(18)9-7-14;/h6-9,13,17,19H,2-5,10-12H2,1H3,(H,20,21);1H. The van der Waals surface area contributed by atoms with Crippen LogP contribution in [0, 0.1) is 11.7 Å². The number of hydrogen-bond acceptors (Lipinski definition) is 3. The van der Waals surface area contributed by atoms with E-state index in [9.17, 15) is 9.18 Å². The Bertz CT molecular complexity index is 464. The summed E-state index contributed by atoms with van der Waals surface area (Å²) in [7, 11) is 1.63. The van der Waals surface area contributed by atoms with Crippen LogP contribution >= 0.6 is 12.4 Å². The predicted molar refractivity (Wildman–Crippen MR) is 91.2 cm³/mol. The Morgan fingerprint density at radius 1 is 1.30 bits per heavy atom. The molecule has 1 atom stereocenters. The molecule has 2 N–H and O–H groups in total. The van der Waals surface area contributed by atoms with Crippen molar-refractivity contribution in [2.45, 2.75) is 31.7 Å². The lowest BCUT2D eigenvalue weighted by Crippen LogP contribution is -2.39. The Hall–Kier alpha value is -1.17. The van der Waals surface area contributed by atoms with Gasteiger partial charge in [0.2, 0.25) is 5.91 Å². The summed E-state index contributed by atoms with van der Waals surface area (Å²) in [6, 6.07) is 6.44. The Labute approximate surface area is 143 Å². The minimum atomic E-state index is -0.249. The van der Waals surface area contributed by atoms with E-state index in [-0.39, 0.29) is 36.7 Å². The molecule has 0 saturated heterocycles. The van der Waals surface area contributed by atoms with Crippen molar-refractivity contribution in [2.24, 2.45) is 5.92 Å². The van der Waals surface area contributed by atoms with Crippen molar-refractivity contribution < 1.29 is 13.9 Å². The van der Waals surface area contributed by atoms with Gasteiger partial charge in [-0.05, 0) is 36.5 Å². The number of carbonyl (C=O) groups is 1. The Kier molecular flexibility index (Phi) is 9.14. The van der Waals surface area contributed by atoms with Crippen LogP contribution in [0.5, 0.6) is 0 Å². The lowest BCUT2D eigenvalue weighted by Gasteiger charge is -2.25. The zero-order chi connectivity index (χ0) is 15.8. The molecule has 1 unspecified atom stereocenters. The van der Waals surface area contributed by atoms with Crippen molar-refractivity contribution >= 4 is 18.3 Å². The van der Waals surface area contributed by atoms with Gasteiger partial charge in [0, 0.05) is 13.7 Å². The van der Waals surface area contributed by atoms with Crippen LogP contribution in [0.15, 0.2) is 24.3 Å². The van der Waals surface area contributed by atoms with Gasteiger partial charge in [0.1, 0.15) is 5.82 Å². The third-order valence-corrected chi connectivity index (χ3v) is 4.19. The fraction of sp³-hybridized carbons (Fsp3) is 0.588. The lowest BCUT2D eigenvalue weighted by atomic mass is 9.91. The second-order valence-electron chi connectivity index (χ2n) is 5.81. The number of methoxy groups -OCH3 is 1. The maximum absolute atomic E-state index is 13.1. The van der Waals surface area contributed by atoms with Gasteiger partial charge in [-0.15, -0.1) is 12.4 Å². The largest absolute Gasteiger partial charge is 0.383 e. The molecule has 1 aliphatic carbocycles. The van der Waals surface area contributed by atoms with Crippen molar-refractivity contribution in [1.29, 1.82) is 0 Å². The fourth-order valence-electron chi connectivity index (χ4n) is 3.03. The monoisotopic (exact) mass is 344 g/mol. The molecule has 1 aromatic carbocycles. The molecule has 6 heteroatoms. The molecular weight excluding hydrogens is 319 g/mol. The maximum atomic E-state index is 13.1. The van der Waals surface area contributed by atoms with E-state index in [2.05, 4.69) is 10.6 Å². The normalized spacial score (nSPS) is 15.9. The fourth-order valence-corrected chi connectivity index (χ4v) is 3.03. The van der Waals surface area contributed by atoms with Crippen LogP contribution in [0.4, 0.5) is 4.39 Å². The highest BCUT2D eigenvalue weighted by molar-refractivity contribution is 5.85. The van der Waals surface area contributed by atoms with Gasteiger partial charge >= 0.3 is 0 Å². The average Bonchev–Trinajstić information content (AvgIpc) is 3.04. The summed E-state index contributed by atoms with van der Waals surface area (Å²) < 4.78 is 18.1. The number of benzene rings is 1. The van der Waals surface area contributed by atoms with E-state index in [1.807, 2.05) is 0 Å². The summed E-state index contributed by atoms with van der Waals surface area (Å²) in [5, 5.41) is 6.15. The van der Waals surface area contributed by atoms with E-state index >= 15 is 0 Å². The smallest absolute Gasteiger partial charge is 0.234 e. The Morgan fingerprint density at radius 3 is 2.57 bits per heavy atom. The molecule has 1 saturated carbocycles. The maximum Gasteiger partial charge on any atom is 0.234 e. The van der Waals surface area contributed by atoms with Crippen LogP contribution < -0.4 is 10.6 Å². The molecule has 1 amide bonds. The van der Waals surface area contributed by atoms with Crippen LogP contribution in [0.1, 0.15) is 37.3 Å². The first-order chi connectivity index (χ1) is 10.7. The topological polar surface area (TPSA) is 50.4 Å². The number of carbonyl (C=O) groups excluding carboxylic acids is 1. The summed E-state index contributed by atoms with van der Waals surface area (Å²) in [4.78, 5) is 12.1. The third-order valence-electron chi connectivity index (χ3n) is 4.19. The number of ether oxygens (including phenoxy) is 1. The summed E-state index contributed by atoms with van der Waals surface area (Å²) in [5.41, 5.74) is 0.985. The predicted octanol–water partition coefficient (Wildman–Crippen LogP) is 2.83. The molecular formula is C17H26ClFN2O2. The molecule has 1 aromatic rings. The molecule has 0 aromatic heterocycles. The van der Waals surface area contributed by atoms with E-state index in [1.165, 1.54) is 25.0 Å². The Morgan fingerprint density at radius 2 is 1.96 bits per heavy atom. The van der Waals surface area contributed by atoms with E-state index < -0.39 is 0 Å². The molecule has 1 fully saturated rings. The molecule has 4 nitrogen and oxygen atoms in total. The van der Waals surface area contributed by atoms with Crippen LogP contribution in [0.3, 0.4) is 0 Å². The Balaban J connectivity index is 0.00000264. The van der Waals surface area contributed by atoms with Gasteiger partial charge in [-0.2, -0.15) is 0 Å². The van der Waals surface area contributed by atoms with Gasteiger partial charge in [-0.1, -0.05) is 25.0 Å².